The van der Waals surface area contributed by atoms with Crippen LogP contribution in [0.3, 0.4) is 0 Å². The summed E-state index contributed by atoms with van der Waals surface area (Å²) in [5.41, 5.74) is 21.8. The van der Waals surface area contributed by atoms with Crippen LogP contribution in [0, 0.1) is 0 Å². The van der Waals surface area contributed by atoms with Crippen LogP contribution in [0.25, 0.3) is 132 Å². The maximum atomic E-state index is 2.47. The van der Waals surface area contributed by atoms with Gasteiger partial charge in [0.25, 0.3) is 0 Å². The van der Waals surface area contributed by atoms with Gasteiger partial charge in [0.05, 0.1) is 0 Å². The van der Waals surface area contributed by atoms with E-state index in [-0.39, 0.29) is 5.92 Å². The summed E-state index contributed by atoms with van der Waals surface area (Å²) >= 11 is 0. The van der Waals surface area contributed by atoms with E-state index in [1.165, 1.54) is 148 Å². The third-order valence-electron chi connectivity index (χ3n) is 16.0. The topological polar surface area (TPSA) is 0 Å². The SMILES string of the molecule is C1=CC(c2ccccc2)C2=CCc3ccc(-c4ccc(-c5ccc(-c6ccc(-c7ccc8ccc9c(-c%10cccc(-c%11ccc%12ccccc%12c%11)c%10)ccc%10ccc7c8c%109)cc6)cc5)cc4)c4ccc1c2c34. The maximum Gasteiger partial charge on any atom is 0.0276 e. The van der Waals surface area contributed by atoms with Gasteiger partial charge >= 0.3 is 0 Å². The second-order valence-electron chi connectivity index (χ2n) is 19.9. The lowest BCUT2D eigenvalue weighted by Gasteiger charge is -2.30. The Hall–Kier alpha value is -9.10. The summed E-state index contributed by atoms with van der Waals surface area (Å²) in [4.78, 5) is 0. The molecule has 0 saturated heterocycles. The van der Waals surface area contributed by atoms with Crippen LogP contribution in [0.15, 0.2) is 255 Å². The quantitative estimate of drug-likeness (QED) is 0.140. The monoisotopic (exact) mass is 910 g/mol. The molecule has 0 N–H and O–H groups in total. The summed E-state index contributed by atoms with van der Waals surface area (Å²) < 4.78 is 0. The number of allylic oxidation sites excluding steroid dienone is 3. The van der Waals surface area contributed by atoms with E-state index in [0.29, 0.717) is 0 Å². The molecule has 0 radical (unpaired) electrons. The molecule has 1 unspecified atom stereocenters. The van der Waals surface area contributed by atoms with Crippen molar-refractivity contribution in [2.24, 2.45) is 0 Å². The molecule has 0 fully saturated rings. The Kier molecular flexibility index (Phi) is 9.19. The molecule has 2 aliphatic carbocycles. The van der Waals surface area contributed by atoms with Gasteiger partial charge < -0.3 is 0 Å². The van der Waals surface area contributed by atoms with Crippen LogP contribution in [0.5, 0.6) is 0 Å². The summed E-state index contributed by atoms with van der Waals surface area (Å²) in [6, 6.07) is 90.6. The van der Waals surface area contributed by atoms with Crippen molar-refractivity contribution >= 4 is 65.5 Å². The highest BCUT2D eigenvalue weighted by molar-refractivity contribution is 6.27. The number of benzene rings is 13. The van der Waals surface area contributed by atoms with E-state index in [0.717, 1.165) is 6.42 Å². The first-order valence-corrected chi connectivity index (χ1v) is 25.3. The van der Waals surface area contributed by atoms with Gasteiger partial charge in [0, 0.05) is 5.92 Å². The lowest BCUT2D eigenvalue weighted by atomic mass is 9.74. The molecule has 2 aliphatic rings. The van der Waals surface area contributed by atoms with Crippen molar-refractivity contribution in [1.29, 1.82) is 0 Å². The van der Waals surface area contributed by atoms with E-state index in [4.69, 9.17) is 0 Å². The van der Waals surface area contributed by atoms with Crippen LogP contribution in [0.1, 0.15) is 28.2 Å². The van der Waals surface area contributed by atoms with E-state index in [1.54, 1.807) is 0 Å². The molecule has 0 amide bonds. The van der Waals surface area contributed by atoms with Crippen LogP contribution in [0.4, 0.5) is 0 Å². The molecule has 13 aromatic rings. The molecule has 1 atom stereocenters. The molecule has 0 spiro atoms. The highest BCUT2D eigenvalue weighted by Gasteiger charge is 2.27. The number of hydrogen-bond donors (Lipinski definition) is 0. The van der Waals surface area contributed by atoms with Crippen molar-refractivity contribution in [3.05, 3.63) is 277 Å². The van der Waals surface area contributed by atoms with Crippen LogP contribution in [-0.4, -0.2) is 0 Å². The molecule has 0 saturated carbocycles. The van der Waals surface area contributed by atoms with E-state index >= 15 is 0 Å². The number of hydrogen-bond acceptors (Lipinski definition) is 0. The van der Waals surface area contributed by atoms with Crippen molar-refractivity contribution in [2.75, 3.05) is 0 Å². The minimum Gasteiger partial charge on any atom is -0.0753 e. The van der Waals surface area contributed by atoms with Crippen molar-refractivity contribution in [3.63, 3.8) is 0 Å². The van der Waals surface area contributed by atoms with E-state index in [2.05, 4.69) is 261 Å². The van der Waals surface area contributed by atoms with Gasteiger partial charge in [0.1, 0.15) is 0 Å². The Bertz CT molecular complexity index is 4360. The third kappa shape index (κ3) is 6.53. The van der Waals surface area contributed by atoms with Crippen LogP contribution in [-0.2, 0) is 6.42 Å². The second-order valence-corrected chi connectivity index (χ2v) is 19.9. The largest absolute Gasteiger partial charge is 0.0753 e. The minimum absolute atomic E-state index is 0.283. The van der Waals surface area contributed by atoms with Gasteiger partial charge in [0.15, 0.2) is 0 Å². The fraction of sp³-hybridized carbons (Fsp3) is 0.0278. The summed E-state index contributed by atoms with van der Waals surface area (Å²) in [6.07, 6.45) is 8.14. The molecule has 0 bridgehead atoms. The zero-order chi connectivity index (χ0) is 47.3. The molecule has 0 heterocycles. The zero-order valence-electron chi connectivity index (χ0n) is 39.6. The van der Waals surface area contributed by atoms with Gasteiger partial charge in [-0.2, -0.15) is 0 Å². The number of rotatable bonds is 7. The van der Waals surface area contributed by atoms with Crippen LogP contribution < -0.4 is 0 Å². The number of fused-ring (bicyclic) bond motifs is 1. The standard InChI is InChI=1S/C72H46/c1-2-8-50(9-3-1)61-35-27-53-32-40-66-62(36-28-54-31-39-65(61)69(53)70(54)66)51-22-17-48(18-23-51)46-13-15-47(16-14-46)49-19-24-52(25-20-49)63-37-29-55-34-42-68-64(38-30-56-33-41-67(63)71(55)72(56)68)60-12-6-11-58(44-60)59-26-21-45-7-4-5-10-57(45)43-59/h1-30,32-44,61H,31H2. The van der Waals surface area contributed by atoms with Gasteiger partial charge in [-0.1, -0.05) is 249 Å². The minimum atomic E-state index is 0.283. The molecule has 0 heteroatoms. The predicted molar refractivity (Wildman–Crippen MR) is 308 cm³/mol. The molecule has 72 heavy (non-hydrogen) atoms. The summed E-state index contributed by atoms with van der Waals surface area (Å²) in [5.74, 6) is 0.283. The van der Waals surface area contributed by atoms with Gasteiger partial charge in [-0.25, -0.2) is 0 Å². The fourth-order valence-electron chi connectivity index (χ4n) is 12.3. The molecular formula is C72H46. The maximum absolute atomic E-state index is 2.47. The van der Waals surface area contributed by atoms with Crippen LogP contribution in [0.2, 0.25) is 0 Å². The van der Waals surface area contributed by atoms with Crippen molar-refractivity contribution in [1.82, 2.24) is 0 Å². The normalized spacial score (nSPS) is 13.9. The molecule has 15 rings (SSSR count). The molecule has 13 aromatic carbocycles. The van der Waals surface area contributed by atoms with Gasteiger partial charge in [-0.15, -0.1) is 0 Å². The lowest BCUT2D eigenvalue weighted by Crippen LogP contribution is -2.10. The molecule has 334 valence electrons. The van der Waals surface area contributed by atoms with Crippen molar-refractivity contribution in [3.8, 4) is 66.8 Å². The predicted octanol–water partition coefficient (Wildman–Crippen LogP) is 19.6. The molecule has 0 aliphatic heterocycles. The Balaban J connectivity index is 0.704. The third-order valence-corrected chi connectivity index (χ3v) is 16.0. The second kappa shape index (κ2) is 16.2. The fourth-order valence-corrected chi connectivity index (χ4v) is 12.3. The molecular weight excluding hydrogens is 865 g/mol. The first-order valence-electron chi connectivity index (χ1n) is 25.3. The highest BCUT2D eigenvalue weighted by atomic mass is 14.3. The molecule has 0 aromatic heterocycles. The van der Waals surface area contributed by atoms with Gasteiger partial charge in [-0.3, -0.25) is 0 Å². The van der Waals surface area contributed by atoms with Crippen molar-refractivity contribution in [2.45, 2.75) is 12.3 Å². The lowest BCUT2D eigenvalue weighted by molar-refractivity contribution is 1.08. The van der Waals surface area contributed by atoms with E-state index < -0.39 is 0 Å². The smallest absolute Gasteiger partial charge is 0.0276 e. The van der Waals surface area contributed by atoms with Gasteiger partial charge in [0.2, 0.25) is 0 Å². The van der Waals surface area contributed by atoms with Crippen molar-refractivity contribution < 1.29 is 0 Å². The summed E-state index contributed by atoms with van der Waals surface area (Å²) in [7, 11) is 0. The first-order chi connectivity index (χ1) is 35.7. The summed E-state index contributed by atoms with van der Waals surface area (Å²) in [5, 5.41) is 13.1. The van der Waals surface area contributed by atoms with E-state index in [1.807, 2.05) is 0 Å². The zero-order valence-corrected chi connectivity index (χ0v) is 39.6. The summed E-state index contributed by atoms with van der Waals surface area (Å²) in [6.45, 7) is 0. The Morgan fingerprint density at radius 1 is 0.306 bits per heavy atom. The Morgan fingerprint density at radius 3 is 1.44 bits per heavy atom. The average molecular weight is 911 g/mol. The first kappa shape index (κ1) is 40.8. The highest BCUT2D eigenvalue weighted by Crippen LogP contribution is 2.49. The van der Waals surface area contributed by atoms with Crippen LogP contribution >= 0.6 is 0 Å². The van der Waals surface area contributed by atoms with E-state index in [9.17, 15) is 0 Å². The Labute approximate surface area is 419 Å². The average Bonchev–Trinajstić information content (AvgIpc) is 3.46. The Morgan fingerprint density at radius 2 is 0.792 bits per heavy atom. The molecule has 0 nitrogen and oxygen atoms in total. The van der Waals surface area contributed by atoms with Gasteiger partial charge in [-0.05, 0) is 167 Å².